The Bertz CT molecular complexity index is 240. The van der Waals surface area contributed by atoms with Crippen molar-refractivity contribution in [2.75, 3.05) is 33.2 Å². The van der Waals surface area contributed by atoms with Crippen LogP contribution in [0.3, 0.4) is 0 Å². The first-order chi connectivity index (χ1) is 7.29. The Labute approximate surface area is 98.5 Å². The van der Waals surface area contributed by atoms with Crippen LogP contribution < -0.4 is 0 Å². The molecule has 0 aliphatic carbocycles. The highest BCUT2D eigenvalue weighted by atomic mass is 16.6. The second kappa shape index (κ2) is 5.15. The summed E-state index contributed by atoms with van der Waals surface area (Å²) in [5, 5.41) is 0. The number of carbonyl (C=O) groups excluding carboxylic acids is 1. The molecule has 1 unspecified atom stereocenters. The zero-order chi connectivity index (χ0) is 12.3. The van der Waals surface area contributed by atoms with Crippen molar-refractivity contribution >= 4 is 5.97 Å². The summed E-state index contributed by atoms with van der Waals surface area (Å²) < 4.78 is 5.39. The summed E-state index contributed by atoms with van der Waals surface area (Å²) in [5.41, 5.74) is -0.391. The summed E-state index contributed by atoms with van der Waals surface area (Å²) in [4.78, 5) is 16.3. The zero-order valence-corrected chi connectivity index (χ0v) is 11.1. The number of ether oxygens (including phenoxy) is 1. The summed E-state index contributed by atoms with van der Waals surface area (Å²) in [6.07, 6.45) is 0. The van der Waals surface area contributed by atoms with Crippen LogP contribution in [-0.4, -0.2) is 60.6 Å². The molecule has 1 aliphatic heterocycles. The van der Waals surface area contributed by atoms with E-state index in [-0.39, 0.29) is 12.0 Å². The molecule has 1 rings (SSSR count). The lowest BCUT2D eigenvalue weighted by atomic mass is 10.2. The number of carbonyl (C=O) groups is 1. The van der Waals surface area contributed by atoms with Crippen LogP contribution in [0.4, 0.5) is 0 Å². The Hall–Kier alpha value is -0.610. The molecule has 1 saturated heterocycles. The van der Waals surface area contributed by atoms with Gasteiger partial charge in [0.1, 0.15) is 11.6 Å². The van der Waals surface area contributed by atoms with E-state index in [0.29, 0.717) is 0 Å². The van der Waals surface area contributed by atoms with Crippen molar-refractivity contribution in [3.05, 3.63) is 0 Å². The van der Waals surface area contributed by atoms with Gasteiger partial charge < -0.3 is 9.64 Å². The van der Waals surface area contributed by atoms with Gasteiger partial charge in [-0.1, -0.05) is 0 Å². The monoisotopic (exact) mass is 228 g/mol. The number of hydrogen-bond acceptors (Lipinski definition) is 4. The minimum absolute atomic E-state index is 0.114. The molecule has 0 aromatic carbocycles. The lowest BCUT2D eigenvalue weighted by molar-refractivity contribution is -0.161. The molecular formula is C12H24N2O2. The zero-order valence-electron chi connectivity index (χ0n) is 11.1. The third kappa shape index (κ3) is 4.10. The number of rotatable bonds is 2. The van der Waals surface area contributed by atoms with Crippen LogP contribution in [0.2, 0.25) is 0 Å². The summed E-state index contributed by atoms with van der Waals surface area (Å²) >= 11 is 0. The average Bonchev–Trinajstić information content (AvgIpc) is 2.15. The maximum absolute atomic E-state index is 11.9. The van der Waals surface area contributed by atoms with E-state index in [0.717, 1.165) is 26.2 Å². The molecule has 0 amide bonds. The van der Waals surface area contributed by atoms with E-state index in [2.05, 4.69) is 16.8 Å². The molecule has 4 nitrogen and oxygen atoms in total. The molecule has 0 N–H and O–H groups in total. The van der Waals surface area contributed by atoms with Gasteiger partial charge in [0, 0.05) is 26.2 Å². The van der Waals surface area contributed by atoms with Crippen LogP contribution in [0.15, 0.2) is 0 Å². The van der Waals surface area contributed by atoms with E-state index >= 15 is 0 Å². The molecular weight excluding hydrogens is 204 g/mol. The van der Waals surface area contributed by atoms with Crippen molar-refractivity contribution in [1.29, 1.82) is 0 Å². The van der Waals surface area contributed by atoms with Crippen LogP contribution in [0, 0.1) is 0 Å². The highest BCUT2D eigenvalue weighted by molar-refractivity contribution is 5.75. The van der Waals surface area contributed by atoms with Crippen molar-refractivity contribution < 1.29 is 9.53 Å². The molecule has 0 bridgehead atoms. The number of hydrogen-bond donors (Lipinski definition) is 0. The lowest BCUT2D eigenvalue weighted by Crippen LogP contribution is -2.51. The SMILES string of the molecule is CC(C(=O)OC(C)(C)C)N1CCN(C)CC1. The van der Waals surface area contributed by atoms with Crippen LogP contribution >= 0.6 is 0 Å². The molecule has 4 heteroatoms. The van der Waals surface area contributed by atoms with Crippen LogP contribution in [0.5, 0.6) is 0 Å². The van der Waals surface area contributed by atoms with Crippen molar-refractivity contribution in [2.45, 2.75) is 39.3 Å². The van der Waals surface area contributed by atoms with Crippen LogP contribution in [0.1, 0.15) is 27.7 Å². The molecule has 0 aromatic heterocycles. The van der Waals surface area contributed by atoms with Crippen molar-refractivity contribution in [1.82, 2.24) is 9.80 Å². The van der Waals surface area contributed by atoms with Gasteiger partial charge in [-0.25, -0.2) is 0 Å². The number of nitrogens with zero attached hydrogens (tertiary/aromatic N) is 2. The first-order valence-corrected chi connectivity index (χ1v) is 5.95. The fourth-order valence-electron chi connectivity index (χ4n) is 1.75. The summed E-state index contributed by atoms with van der Waals surface area (Å²) in [6, 6.07) is -0.132. The Morgan fingerprint density at radius 3 is 2.12 bits per heavy atom. The second-order valence-electron chi connectivity index (χ2n) is 5.55. The third-order valence-electron chi connectivity index (χ3n) is 2.83. The Morgan fingerprint density at radius 2 is 1.69 bits per heavy atom. The molecule has 0 radical (unpaired) electrons. The van der Waals surface area contributed by atoms with Gasteiger partial charge in [-0.3, -0.25) is 9.69 Å². The van der Waals surface area contributed by atoms with E-state index in [9.17, 15) is 4.79 Å². The van der Waals surface area contributed by atoms with E-state index in [1.165, 1.54) is 0 Å². The number of esters is 1. The van der Waals surface area contributed by atoms with E-state index in [1.54, 1.807) is 0 Å². The van der Waals surface area contributed by atoms with Crippen molar-refractivity contribution in [3.8, 4) is 0 Å². The van der Waals surface area contributed by atoms with Crippen LogP contribution in [-0.2, 0) is 9.53 Å². The standard InChI is InChI=1S/C12H24N2O2/c1-10(11(15)16-12(2,3)4)14-8-6-13(5)7-9-14/h10H,6-9H2,1-5H3. The van der Waals surface area contributed by atoms with Crippen molar-refractivity contribution in [2.24, 2.45) is 0 Å². The van der Waals surface area contributed by atoms with Crippen molar-refractivity contribution in [3.63, 3.8) is 0 Å². The fraction of sp³-hybridized carbons (Fsp3) is 0.917. The maximum Gasteiger partial charge on any atom is 0.323 e. The molecule has 0 aromatic rings. The van der Waals surface area contributed by atoms with E-state index in [1.807, 2.05) is 27.7 Å². The lowest BCUT2D eigenvalue weighted by Gasteiger charge is -2.36. The summed E-state index contributed by atoms with van der Waals surface area (Å²) in [6.45, 7) is 11.6. The molecule has 0 saturated carbocycles. The average molecular weight is 228 g/mol. The molecule has 16 heavy (non-hydrogen) atoms. The smallest absolute Gasteiger partial charge is 0.323 e. The normalized spacial score (nSPS) is 21.8. The highest BCUT2D eigenvalue weighted by Gasteiger charge is 2.28. The minimum atomic E-state index is -0.391. The predicted molar refractivity (Wildman–Crippen MR) is 64.4 cm³/mol. The fourth-order valence-corrected chi connectivity index (χ4v) is 1.75. The van der Waals surface area contributed by atoms with E-state index < -0.39 is 5.60 Å². The number of piperazine rings is 1. The molecule has 1 fully saturated rings. The van der Waals surface area contributed by atoms with Gasteiger partial charge in [0.25, 0.3) is 0 Å². The Morgan fingerprint density at radius 1 is 1.19 bits per heavy atom. The first-order valence-electron chi connectivity index (χ1n) is 5.95. The topological polar surface area (TPSA) is 32.8 Å². The third-order valence-corrected chi connectivity index (χ3v) is 2.83. The second-order valence-corrected chi connectivity index (χ2v) is 5.55. The molecule has 94 valence electrons. The van der Waals surface area contributed by atoms with E-state index in [4.69, 9.17) is 4.74 Å². The summed E-state index contributed by atoms with van der Waals surface area (Å²) in [5.74, 6) is -0.114. The first kappa shape index (κ1) is 13.5. The summed E-state index contributed by atoms with van der Waals surface area (Å²) in [7, 11) is 2.11. The van der Waals surface area contributed by atoms with Gasteiger partial charge in [0.05, 0.1) is 0 Å². The Balaban J connectivity index is 2.45. The Kier molecular flexibility index (Phi) is 4.33. The molecule has 0 spiro atoms. The quantitative estimate of drug-likeness (QED) is 0.659. The van der Waals surface area contributed by atoms with Gasteiger partial charge in [0.2, 0.25) is 0 Å². The number of likely N-dealkylation sites (N-methyl/N-ethyl adjacent to an activating group) is 1. The highest BCUT2D eigenvalue weighted by Crippen LogP contribution is 2.12. The molecule has 1 heterocycles. The van der Waals surface area contributed by atoms with Gasteiger partial charge in [0.15, 0.2) is 0 Å². The van der Waals surface area contributed by atoms with Gasteiger partial charge in [-0.15, -0.1) is 0 Å². The maximum atomic E-state index is 11.9. The van der Waals surface area contributed by atoms with Crippen LogP contribution in [0.25, 0.3) is 0 Å². The van der Waals surface area contributed by atoms with Gasteiger partial charge in [-0.05, 0) is 34.7 Å². The largest absolute Gasteiger partial charge is 0.459 e. The van der Waals surface area contributed by atoms with Gasteiger partial charge >= 0.3 is 5.97 Å². The van der Waals surface area contributed by atoms with Gasteiger partial charge in [-0.2, -0.15) is 0 Å². The minimum Gasteiger partial charge on any atom is -0.459 e. The predicted octanol–water partition coefficient (Wildman–Crippen LogP) is 0.964. The molecule has 1 aliphatic rings. The molecule has 1 atom stereocenters.